The molecule has 12 heteroatoms. The summed E-state index contributed by atoms with van der Waals surface area (Å²) in [5, 5.41) is 12.1. The highest BCUT2D eigenvalue weighted by molar-refractivity contribution is 6.30. The lowest BCUT2D eigenvalue weighted by Gasteiger charge is -2.31. The maximum atomic E-state index is 13.3. The van der Waals surface area contributed by atoms with Crippen molar-refractivity contribution in [1.29, 1.82) is 0 Å². The van der Waals surface area contributed by atoms with Gasteiger partial charge in [0.25, 0.3) is 0 Å². The average molecular weight is 540 g/mol. The molecular formula is C24H22Cl2F3N5O2. The van der Waals surface area contributed by atoms with Gasteiger partial charge in [-0.25, -0.2) is 4.79 Å². The van der Waals surface area contributed by atoms with Crippen molar-refractivity contribution in [3.8, 4) is 5.75 Å². The quantitative estimate of drug-likeness (QED) is 0.439. The number of alkyl halides is 3. The van der Waals surface area contributed by atoms with Crippen molar-refractivity contribution in [2.75, 3.05) is 13.2 Å². The summed E-state index contributed by atoms with van der Waals surface area (Å²) < 4.78 is 46.5. The Labute approximate surface area is 215 Å². The summed E-state index contributed by atoms with van der Waals surface area (Å²) in [6.07, 6.45) is -2.58. The first-order valence-corrected chi connectivity index (χ1v) is 12.2. The van der Waals surface area contributed by atoms with E-state index in [1.165, 1.54) is 6.07 Å². The van der Waals surface area contributed by atoms with Gasteiger partial charge in [0.2, 0.25) is 5.28 Å². The van der Waals surface area contributed by atoms with Gasteiger partial charge in [0.1, 0.15) is 5.75 Å². The van der Waals surface area contributed by atoms with Gasteiger partial charge < -0.3 is 15.0 Å². The van der Waals surface area contributed by atoms with E-state index in [0.717, 1.165) is 24.1 Å². The number of urea groups is 1. The van der Waals surface area contributed by atoms with Crippen LogP contribution in [0.2, 0.25) is 10.3 Å². The van der Waals surface area contributed by atoms with Crippen molar-refractivity contribution in [3.63, 3.8) is 0 Å². The Kier molecular flexibility index (Phi) is 6.74. The second-order valence-corrected chi connectivity index (χ2v) is 9.56. The number of hydrogen-bond donors (Lipinski definition) is 1. The molecule has 0 radical (unpaired) electrons. The Morgan fingerprint density at radius 3 is 2.64 bits per heavy atom. The molecule has 0 spiro atoms. The Morgan fingerprint density at radius 2 is 1.89 bits per heavy atom. The van der Waals surface area contributed by atoms with Gasteiger partial charge in [-0.1, -0.05) is 29.8 Å². The fourth-order valence-corrected chi connectivity index (χ4v) is 5.00. The molecule has 190 valence electrons. The van der Waals surface area contributed by atoms with Crippen molar-refractivity contribution < 1.29 is 22.7 Å². The summed E-state index contributed by atoms with van der Waals surface area (Å²) in [6, 6.07) is 9.55. The molecule has 2 amide bonds. The van der Waals surface area contributed by atoms with Gasteiger partial charge in [-0.15, -0.1) is 10.2 Å². The summed E-state index contributed by atoms with van der Waals surface area (Å²) in [5.41, 5.74) is 0.686. The number of benzene rings is 2. The highest BCUT2D eigenvalue weighted by atomic mass is 35.5. The van der Waals surface area contributed by atoms with E-state index in [9.17, 15) is 18.0 Å². The topological polar surface area (TPSA) is 72.3 Å². The van der Waals surface area contributed by atoms with E-state index in [1.807, 2.05) is 12.1 Å². The Bertz CT molecular complexity index is 1270. The lowest BCUT2D eigenvalue weighted by atomic mass is 9.98. The molecule has 1 saturated heterocycles. The summed E-state index contributed by atoms with van der Waals surface area (Å²) in [6.45, 7) is 1.12. The molecule has 2 unspecified atom stereocenters. The van der Waals surface area contributed by atoms with E-state index in [-0.39, 0.29) is 29.7 Å². The molecule has 1 aromatic heterocycles. The largest absolute Gasteiger partial charge is 0.493 e. The minimum Gasteiger partial charge on any atom is -0.493 e. The van der Waals surface area contributed by atoms with Crippen LogP contribution in [0.25, 0.3) is 0 Å². The maximum absolute atomic E-state index is 13.3. The summed E-state index contributed by atoms with van der Waals surface area (Å²) in [5.74, 6) is 0.707. The van der Waals surface area contributed by atoms with Crippen molar-refractivity contribution in [1.82, 2.24) is 25.0 Å². The number of ether oxygens (including phenoxy) is 1. The van der Waals surface area contributed by atoms with E-state index in [1.54, 1.807) is 21.6 Å². The van der Waals surface area contributed by atoms with Crippen LogP contribution in [0.15, 0.2) is 42.5 Å². The molecule has 3 aromatic rings. The van der Waals surface area contributed by atoms with Crippen LogP contribution in [0.1, 0.15) is 53.9 Å². The van der Waals surface area contributed by atoms with E-state index < -0.39 is 17.8 Å². The minimum absolute atomic E-state index is 0.133. The molecule has 1 N–H and O–H groups in total. The van der Waals surface area contributed by atoms with Crippen molar-refractivity contribution >= 4 is 29.2 Å². The number of fused-ring (bicyclic) bond motifs is 1. The van der Waals surface area contributed by atoms with E-state index in [2.05, 4.69) is 15.5 Å². The number of rotatable bonds is 4. The molecule has 2 atom stereocenters. The van der Waals surface area contributed by atoms with Crippen LogP contribution in [0.4, 0.5) is 18.0 Å². The molecule has 5 rings (SSSR count). The zero-order valence-corrected chi connectivity index (χ0v) is 20.4. The molecule has 0 saturated carbocycles. The standard InChI is InChI=1S/C24H22Cl2F3N5O2/c25-16-6-3-14(4-7-16)13-34-21(31-32-22(34)26)19-2-1-10-33(19)23(35)30-18-9-11-36-20-12-15(24(27,28)29)5-8-17(18)20/h3-8,12,18-19H,1-2,9-11,13H2,(H,30,35). The van der Waals surface area contributed by atoms with Gasteiger partial charge in [-0.2, -0.15) is 13.2 Å². The number of hydrogen-bond acceptors (Lipinski definition) is 4. The normalized spacial score (nSPS) is 19.6. The molecule has 0 bridgehead atoms. The van der Waals surface area contributed by atoms with E-state index >= 15 is 0 Å². The second-order valence-electron chi connectivity index (χ2n) is 8.78. The first kappa shape index (κ1) is 24.7. The summed E-state index contributed by atoms with van der Waals surface area (Å²) >= 11 is 12.3. The molecule has 2 aromatic carbocycles. The number of aromatic nitrogens is 3. The van der Waals surface area contributed by atoms with Crippen molar-refractivity contribution in [2.45, 2.75) is 44.1 Å². The third-order valence-corrected chi connectivity index (χ3v) is 7.01. The smallest absolute Gasteiger partial charge is 0.416 e. The number of carbonyl (C=O) groups excluding carboxylic acids is 1. The zero-order valence-electron chi connectivity index (χ0n) is 18.9. The van der Waals surface area contributed by atoms with Gasteiger partial charge in [-0.3, -0.25) is 4.57 Å². The molecule has 36 heavy (non-hydrogen) atoms. The number of amides is 2. The predicted molar refractivity (Wildman–Crippen MR) is 127 cm³/mol. The van der Waals surface area contributed by atoms with Crippen LogP contribution in [-0.4, -0.2) is 38.8 Å². The lowest BCUT2D eigenvalue weighted by Crippen LogP contribution is -2.43. The highest BCUT2D eigenvalue weighted by Gasteiger charge is 2.37. The average Bonchev–Trinajstić information content (AvgIpc) is 3.47. The monoisotopic (exact) mass is 539 g/mol. The Morgan fingerprint density at radius 1 is 1.11 bits per heavy atom. The van der Waals surface area contributed by atoms with Crippen molar-refractivity contribution in [3.05, 3.63) is 75.3 Å². The summed E-state index contributed by atoms with van der Waals surface area (Å²) in [7, 11) is 0. The Balaban J connectivity index is 1.34. The van der Waals surface area contributed by atoms with Crippen LogP contribution in [-0.2, 0) is 12.7 Å². The third kappa shape index (κ3) is 4.97. The SMILES string of the molecule is O=C(NC1CCOc2cc(C(F)(F)F)ccc21)N1CCCC1c1nnc(Cl)n1Cc1ccc(Cl)cc1. The highest BCUT2D eigenvalue weighted by Crippen LogP contribution is 2.39. The second kappa shape index (κ2) is 9.82. The summed E-state index contributed by atoms with van der Waals surface area (Å²) in [4.78, 5) is 15.0. The molecular weight excluding hydrogens is 518 g/mol. The molecule has 3 heterocycles. The Hall–Kier alpha value is -2.98. The van der Waals surface area contributed by atoms with E-state index in [4.69, 9.17) is 27.9 Å². The van der Waals surface area contributed by atoms with Crippen molar-refractivity contribution in [2.24, 2.45) is 0 Å². The number of carbonyl (C=O) groups is 1. The lowest BCUT2D eigenvalue weighted by molar-refractivity contribution is -0.137. The molecule has 0 aliphatic carbocycles. The van der Waals surface area contributed by atoms with Gasteiger partial charge >= 0.3 is 12.2 Å². The third-order valence-electron chi connectivity index (χ3n) is 6.48. The number of halogens is 5. The van der Waals surface area contributed by atoms with Crippen LogP contribution >= 0.6 is 23.2 Å². The van der Waals surface area contributed by atoms with Crippen LogP contribution in [0.3, 0.4) is 0 Å². The first-order valence-electron chi connectivity index (χ1n) is 11.4. The van der Waals surface area contributed by atoms with Gasteiger partial charge in [0, 0.05) is 23.6 Å². The predicted octanol–water partition coefficient (Wildman–Crippen LogP) is 6.02. The first-order chi connectivity index (χ1) is 17.2. The van der Waals surface area contributed by atoms with Gasteiger partial charge in [0.05, 0.1) is 30.8 Å². The molecule has 2 aliphatic rings. The molecule has 2 aliphatic heterocycles. The van der Waals surface area contributed by atoms with Gasteiger partial charge in [-0.05, 0) is 54.3 Å². The van der Waals surface area contributed by atoms with E-state index in [0.29, 0.717) is 42.3 Å². The molecule has 7 nitrogen and oxygen atoms in total. The zero-order chi connectivity index (χ0) is 25.4. The van der Waals surface area contributed by atoms with Gasteiger partial charge in [0.15, 0.2) is 5.82 Å². The fourth-order valence-electron chi connectivity index (χ4n) is 4.69. The number of likely N-dealkylation sites (tertiary alicyclic amines) is 1. The number of nitrogens with zero attached hydrogens (tertiary/aromatic N) is 4. The van der Waals surface area contributed by atoms with Crippen LogP contribution in [0, 0.1) is 0 Å². The number of nitrogens with one attached hydrogen (secondary N) is 1. The minimum atomic E-state index is -4.47. The van der Waals surface area contributed by atoms with Crippen LogP contribution in [0.5, 0.6) is 5.75 Å². The van der Waals surface area contributed by atoms with Crippen LogP contribution < -0.4 is 10.1 Å². The maximum Gasteiger partial charge on any atom is 0.416 e. The fraction of sp³-hybridized carbons (Fsp3) is 0.375. The molecule has 1 fully saturated rings.